The molecular weight excluding hydrogens is 360 g/mol. The van der Waals surface area contributed by atoms with Gasteiger partial charge < -0.3 is 4.74 Å². The monoisotopic (exact) mass is 375 g/mol. The van der Waals surface area contributed by atoms with Gasteiger partial charge in [0.1, 0.15) is 11.6 Å². The number of hydrogen-bond donors (Lipinski definition) is 1. The number of hydrogen-bond acceptors (Lipinski definition) is 3. The van der Waals surface area contributed by atoms with E-state index in [0.29, 0.717) is 10.6 Å². The second kappa shape index (κ2) is 8.02. The van der Waals surface area contributed by atoms with Crippen molar-refractivity contribution in [1.82, 2.24) is 4.72 Å². The van der Waals surface area contributed by atoms with Crippen LogP contribution in [0.1, 0.15) is 17.2 Å². The number of benzene rings is 2. The van der Waals surface area contributed by atoms with Crippen LogP contribution < -0.4 is 4.72 Å². The van der Waals surface area contributed by atoms with Crippen molar-refractivity contribution in [2.45, 2.75) is 11.9 Å². The van der Waals surface area contributed by atoms with E-state index in [1.807, 2.05) is 0 Å². The van der Waals surface area contributed by atoms with Crippen LogP contribution in [0.5, 0.6) is 0 Å². The molecule has 1 unspecified atom stereocenters. The molecule has 2 aromatic carbocycles. The molecule has 0 saturated carbocycles. The minimum absolute atomic E-state index is 0.0838. The third-order valence-corrected chi connectivity index (χ3v) is 5.02. The van der Waals surface area contributed by atoms with Crippen LogP contribution in [0, 0.1) is 11.6 Å². The van der Waals surface area contributed by atoms with Gasteiger partial charge in [0.2, 0.25) is 10.0 Å². The predicted molar refractivity (Wildman–Crippen MR) is 88.2 cm³/mol. The van der Waals surface area contributed by atoms with Crippen molar-refractivity contribution >= 4 is 21.6 Å². The molecule has 0 fully saturated rings. The second-order valence-electron chi connectivity index (χ2n) is 5.09. The van der Waals surface area contributed by atoms with E-state index in [2.05, 4.69) is 4.72 Å². The third kappa shape index (κ3) is 4.98. The van der Waals surface area contributed by atoms with E-state index >= 15 is 0 Å². The van der Waals surface area contributed by atoms with E-state index in [-0.39, 0.29) is 12.1 Å². The SMILES string of the molecule is COC(CNS(=O)(=O)Cc1cc(F)ccc1F)c1ccccc1Cl. The first-order valence-electron chi connectivity index (χ1n) is 7.01. The van der Waals surface area contributed by atoms with Crippen molar-refractivity contribution in [2.24, 2.45) is 0 Å². The highest BCUT2D eigenvalue weighted by atomic mass is 35.5. The van der Waals surface area contributed by atoms with Gasteiger partial charge in [-0.3, -0.25) is 0 Å². The first-order valence-corrected chi connectivity index (χ1v) is 9.04. The molecule has 8 heteroatoms. The van der Waals surface area contributed by atoms with Gasteiger partial charge in [-0.2, -0.15) is 0 Å². The van der Waals surface area contributed by atoms with Crippen molar-refractivity contribution in [3.05, 3.63) is 70.2 Å². The Labute approximate surface area is 144 Å². The van der Waals surface area contributed by atoms with Gasteiger partial charge in [-0.1, -0.05) is 29.8 Å². The molecule has 2 rings (SSSR count). The molecule has 0 heterocycles. The van der Waals surface area contributed by atoms with E-state index in [9.17, 15) is 17.2 Å². The van der Waals surface area contributed by atoms with Crippen LogP contribution in [0.3, 0.4) is 0 Å². The summed E-state index contributed by atoms with van der Waals surface area (Å²) >= 11 is 6.07. The molecule has 2 aromatic rings. The number of sulfonamides is 1. The lowest BCUT2D eigenvalue weighted by Crippen LogP contribution is -2.30. The molecule has 0 saturated heterocycles. The highest BCUT2D eigenvalue weighted by molar-refractivity contribution is 7.88. The van der Waals surface area contributed by atoms with E-state index in [1.165, 1.54) is 7.11 Å². The second-order valence-corrected chi connectivity index (χ2v) is 7.30. The largest absolute Gasteiger partial charge is 0.375 e. The summed E-state index contributed by atoms with van der Waals surface area (Å²) < 4.78 is 58.5. The quantitative estimate of drug-likeness (QED) is 0.806. The van der Waals surface area contributed by atoms with Gasteiger partial charge in [-0.05, 0) is 24.3 Å². The zero-order valence-corrected chi connectivity index (χ0v) is 14.4. The number of nitrogens with one attached hydrogen (secondary N) is 1. The maximum atomic E-state index is 13.6. The maximum Gasteiger partial charge on any atom is 0.215 e. The molecule has 1 atom stereocenters. The molecular formula is C16H16ClF2NO3S. The standard InChI is InChI=1S/C16H16ClF2NO3S/c1-23-16(13-4-2-3-5-14(13)17)9-20-24(21,22)10-11-8-12(18)6-7-15(11)19/h2-8,16,20H,9-10H2,1H3. The topological polar surface area (TPSA) is 55.4 Å². The molecule has 0 radical (unpaired) electrons. The zero-order valence-electron chi connectivity index (χ0n) is 12.8. The Kier molecular flexibility index (Phi) is 6.28. The van der Waals surface area contributed by atoms with Crippen molar-refractivity contribution in [3.8, 4) is 0 Å². The summed E-state index contributed by atoms with van der Waals surface area (Å²) in [5.74, 6) is -2.15. The normalized spacial score (nSPS) is 13.0. The first kappa shape index (κ1) is 18.8. The fourth-order valence-electron chi connectivity index (χ4n) is 2.17. The molecule has 0 spiro atoms. The summed E-state index contributed by atoms with van der Waals surface area (Å²) in [6.45, 7) is -0.0838. The van der Waals surface area contributed by atoms with E-state index < -0.39 is 33.5 Å². The summed E-state index contributed by atoms with van der Waals surface area (Å²) in [4.78, 5) is 0. The number of halogens is 3. The van der Waals surface area contributed by atoms with Gasteiger partial charge in [0.05, 0.1) is 11.9 Å². The zero-order chi connectivity index (χ0) is 17.7. The fraction of sp³-hybridized carbons (Fsp3) is 0.250. The molecule has 0 amide bonds. The van der Waals surface area contributed by atoms with Crippen LogP contribution in [0.2, 0.25) is 5.02 Å². The average molecular weight is 376 g/mol. The summed E-state index contributed by atoms with van der Waals surface area (Å²) in [7, 11) is -2.45. The summed E-state index contributed by atoms with van der Waals surface area (Å²) in [6.07, 6.45) is -0.606. The molecule has 0 aromatic heterocycles. The van der Waals surface area contributed by atoms with E-state index in [1.54, 1.807) is 24.3 Å². The Balaban J connectivity index is 2.09. The molecule has 0 aliphatic rings. The van der Waals surface area contributed by atoms with Crippen LogP contribution in [0.4, 0.5) is 8.78 Å². The lowest BCUT2D eigenvalue weighted by Gasteiger charge is -2.18. The van der Waals surface area contributed by atoms with Gasteiger partial charge in [-0.25, -0.2) is 21.9 Å². The molecule has 24 heavy (non-hydrogen) atoms. The average Bonchev–Trinajstić information content (AvgIpc) is 2.53. The molecule has 0 aliphatic carbocycles. The van der Waals surface area contributed by atoms with Gasteiger partial charge in [0, 0.05) is 29.8 Å². The minimum Gasteiger partial charge on any atom is -0.375 e. The Hall–Kier alpha value is -1.54. The Morgan fingerprint density at radius 2 is 1.92 bits per heavy atom. The van der Waals surface area contributed by atoms with Crippen molar-refractivity contribution in [3.63, 3.8) is 0 Å². The van der Waals surface area contributed by atoms with Gasteiger partial charge >= 0.3 is 0 Å². The van der Waals surface area contributed by atoms with Crippen molar-refractivity contribution in [1.29, 1.82) is 0 Å². The Morgan fingerprint density at radius 3 is 2.58 bits per heavy atom. The van der Waals surface area contributed by atoms with Gasteiger partial charge in [0.25, 0.3) is 0 Å². The maximum absolute atomic E-state index is 13.6. The molecule has 0 bridgehead atoms. The van der Waals surface area contributed by atoms with Gasteiger partial charge in [0.15, 0.2) is 0 Å². The molecule has 1 N–H and O–H groups in total. The fourth-order valence-corrected chi connectivity index (χ4v) is 3.56. The lowest BCUT2D eigenvalue weighted by atomic mass is 10.1. The van der Waals surface area contributed by atoms with Crippen LogP contribution in [-0.4, -0.2) is 22.1 Å². The van der Waals surface area contributed by atoms with Crippen LogP contribution in [-0.2, 0) is 20.5 Å². The molecule has 4 nitrogen and oxygen atoms in total. The van der Waals surface area contributed by atoms with E-state index in [4.69, 9.17) is 16.3 Å². The summed E-state index contributed by atoms with van der Waals surface area (Å²) in [5, 5.41) is 0.444. The highest BCUT2D eigenvalue weighted by Gasteiger charge is 2.19. The number of rotatable bonds is 7. The first-order chi connectivity index (χ1) is 11.3. The minimum atomic E-state index is -3.88. The number of methoxy groups -OCH3 is 1. The predicted octanol–water partition coefficient (Wildman–Crippen LogP) is 3.43. The third-order valence-electron chi connectivity index (χ3n) is 3.38. The van der Waals surface area contributed by atoms with Crippen molar-refractivity contribution in [2.75, 3.05) is 13.7 Å². The number of ether oxygens (including phenoxy) is 1. The molecule has 0 aliphatic heterocycles. The Morgan fingerprint density at radius 1 is 1.21 bits per heavy atom. The van der Waals surface area contributed by atoms with Crippen molar-refractivity contribution < 1.29 is 21.9 Å². The van der Waals surface area contributed by atoms with E-state index in [0.717, 1.165) is 18.2 Å². The lowest BCUT2D eigenvalue weighted by molar-refractivity contribution is 0.107. The summed E-state index contributed by atoms with van der Waals surface area (Å²) in [6, 6.07) is 9.56. The Bertz CT molecular complexity index is 815. The highest BCUT2D eigenvalue weighted by Crippen LogP contribution is 2.24. The van der Waals surface area contributed by atoms with Crippen LogP contribution >= 0.6 is 11.6 Å². The smallest absolute Gasteiger partial charge is 0.215 e. The van der Waals surface area contributed by atoms with Crippen LogP contribution in [0.25, 0.3) is 0 Å². The summed E-state index contributed by atoms with van der Waals surface area (Å²) in [5.41, 5.74) is 0.385. The molecule has 130 valence electrons. The van der Waals surface area contributed by atoms with Crippen LogP contribution in [0.15, 0.2) is 42.5 Å². The van der Waals surface area contributed by atoms with Gasteiger partial charge in [-0.15, -0.1) is 0 Å².